The fourth-order valence-electron chi connectivity index (χ4n) is 3.20. The van der Waals surface area contributed by atoms with Gasteiger partial charge in [-0.2, -0.15) is 0 Å². The van der Waals surface area contributed by atoms with E-state index in [1.54, 1.807) is 0 Å². The van der Waals surface area contributed by atoms with Crippen molar-refractivity contribution >= 4 is 23.0 Å². The summed E-state index contributed by atoms with van der Waals surface area (Å²) in [6, 6.07) is 3.90. The molecule has 0 bridgehead atoms. The van der Waals surface area contributed by atoms with Crippen molar-refractivity contribution in [3.8, 4) is 0 Å². The number of carbonyl (C=O) groups excluding carboxylic acids is 1. The van der Waals surface area contributed by atoms with E-state index in [1.165, 1.54) is 0 Å². The molecular weight excluding hydrogens is 266 g/mol. The van der Waals surface area contributed by atoms with Crippen molar-refractivity contribution in [1.29, 1.82) is 0 Å². The van der Waals surface area contributed by atoms with Crippen LogP contribution in [0.15, 0.2) is 12.1 Å². The molecule has 0 radical (unpaired) electrons. The van der Waals surface area contributed by atoms with Gasteiger partial charge in [0.1, 0.15) is 0 Å². The largest absolute Gasteiger partial charge is 0.397 e. The van der Waals surface area contributed by atoms with Crippen LogP contribution in [-0.2, 0) is 11.2 Å². The molecule has 1 aliphatic heterocycles. The summed E-state index contributed by atoms with van der Waals surface area (Å²) in [4.78, 5) is 11.4. The second kappa shape index (κ2) is 5.93. The lowest BCUT2D eigenvalue weighted by Crippen LogP contribution is -2.24. The Bertz CT molecular complexity index is 537. The van der Waals surface area contributed by atoms with Gasteiger partial charge in [-0.3, -0.25) is 4.79 Å². The number of aliphatic hydroxyl groups excluding tert-OH is 1. The lowest BCUT2D eigenvalue weighted by Gasteiger charge is -2.26. The summed E-state index contributed by atoms with van der Waals surface area (Å²) in [5.74, 6) is 0.659. The second-order valence-electron chi connectivity index (χ2n) is 6.20. The molecule has 0 aromatic heterocycles. The van der Waals surface area contributed by atoms with Crippen molar-refractivity contribution < 1.29 is 9.90 Å². The van der Waals surface area contributed by atoms with Crippen molar-refractivity contribution in [3.63, 3.8) is 0 Å². The number of benzene rings is 1. The van der Waals surface area contributed by atoms with Crippen molar-refractivity contribution in [2.45, 2.75) is 44.6 Å². The highest BCUT2D eigenvalue weighted by Crippen LogP contribution is 2.32. The molecule has 5 N–H and O–H groups in total. The molecule has 0 spiro atoms. The number of rotatable bonds is 3. The summed E-state index contributed by atoms with van der Waals surface area (Å²) in [5.41, 5.74) is 9.69. The number of nitrogens with two attached hydrogens (primary N) is 1. The summed E-state index contributed by atoms with van der Waals surface area (Å²) < 4.78 is 0. The maximum Gasteiger partial charge on any atom is 0.224 e. The Labute approximate surface area is 124 Å². The van der Waals surface area contributed by atoms with E-state index in [0.29, 0.717) is 18.0 Å². The van der Waals surface area contributed by atoms with Crippen LogP contribution in [0.2, 0.25) is 0 Å². The van der Waals surface area contributed by atoms with Gasteiger partial charge in [-0.15, -0.1) is 0 Å². The van der Waals surface area contributed by atoms with Crippen LogP contribution in [-0.4, -0.2) is 23.7 Å². The first-order valence-electron chi connectivity index (χ1n) is 7.76. The van der Waals surface area contributed by atoms with E-state index < -0.39 is 0 Å². The van der Waals surface area contributed by atoms with Crippen molar-refractivity contribution in [2.75, 3.05) is 22.9 Å². The van der Waals surface area contributed by atoms with Crippen LogP contribution in [0.1, 0.15) is 37.7 Å². The number of anilines is 3. The Kier molecular flexibility index (Phi) is 4.01. The molecule has 2 aliphatic rings. The van der Waals surface area contributed by atoms with E-state index in [0.717, 1.165) is 55.6 Å². The van der Waals surface area contributed by atoms with Gasteiger partial charge in [0.05, 0.1) is 17.5 Å². The second-order valence-corrected chi connectivity index (χ2v) is 6.20. The highest BCUT2D eigenvalue weighted by atomic mass is 16.3. The summed E-state index contributed by atoms with van der Waals surface area (Å²) in [5, 5.41) is 15.8. The van der Waals surface area contributed by atoms with Gasteiger partial charge in [-0.05, 0) is 55.7 Å². The third-order valence-electron chi connectivity index (χ3n) is 4.57. The van der Waals surface area contributed by atoms with E-state index in [1.807, 2.05) is 6.07 Å². The fraction of sp³-hybridized carbons (Fsp3) is 0.562. The van der Waals surface area contributed by atoms with Crippen LogP contribution in [0.3, 0.4) is 0 Å². The molecule has 5 nitrogen and oxygen atoms in total. The predicted octanol–water partition coefficient (Wildman–Crippen LogP) is 2.12. The number of fused-ring (bicyclic) bond motifs is 1. The molecule has 1 amide bonds. The van der Waals surface area contributed by atoms with Gasteiger partial charge in [-0.25, -0.2) is 0 Å². The molecule has 0 saturated heterocycles. The van der Waals surface area contributed by atoms with Gasteiger partial charge >= 0.3 is 0 Å². The van der Waals surface area contributed by atoms with Crippen LogP contribution in [0, 0.1) is 5.92 Å². The molecule has 5 heteroatoms. The summed E-state index contributed by atoms with van der Waals surface area (Å²) in [7, 11) is 0. The molecule has 0 unspecified atom stereocenters. The maximum absolute atomic E-state index is 11.4. The molecule has 21 heavy (non-hydrogen) atoms. The van der Waals surface area contributed by atoms with E-state index >= 15 is 0 Å². The highest BCUT2D eigenvalue weighted by Gasteiger charge is 2.20. The number of aliphatic hydroxyl groups is 1. The van der Waals surface area contributed by atoms with Crippen molar-refractivity contribution in [1.82, 2.24) is 0 Å². The summed E-state index contributed by atoms with van der Waals surface area (Å²) >= 11 is 0. The van der Waals surface area contributed by atoms with Crippen molar-refractivity contribution in [2.24, 2.45) is 5.92 Å². The third kappa shape index (κ3) is 3.29. The number of hydrogen-bond donors (Lipinski definition) is 4. The normalized spacial score (nSPS) is 25.1. The average molecular weight is 289 g/mol. The zero-order valence-corrected chi connectivity index (χ0v) is 12.2. The smallest absolute Gasteiger partial charge is 0.224 e. The maximum atomic E-state index is 11.4. The van der Waals surface area contributed by atoms with E-state index in [4.69, 9.17) is 5.73 Å². The minimum absolute atomic E-state index is 0.0587. The predicted molar refractivity (Wildman–Crippen MR) is 84.3 cm³/mol. The zero-order chi connectivity index (χ0) is 14.8. The molecule has 0 atom stereocenters. The van der Waals surface area contributed by atoms with Crippen LogP contribution < -0.4 is 16.4 Å². The van der Waals surface area contributed by atoms with Gasteiger partial charge in [0.25, 0.3) is 0 Å². The molecule has 1 saturated carbocycles. The van der Waals surface area contributed by atoms with E-state index in [2.05, 4.69) is 16.7 Å². The third-order valence-corrected chi connectivity index (χ3v) is 4.57. The molecule has 3 rings (SSSR count). The van der Waals surface area contributed by atoms with Crippen LogP contribution in [0.5, 0.6) is 0 Å². The van der Waals surface area contributed by atoms with E-state index in [-0.39, 0.29) is 12.0 Å². The van der Waals surface area contributed by atoms with E-state index in [9.17, 15) is 9.90 Å². The van der Waals surface area contributed by atoms with Gasteiger partial charge in [0.2, 0.25) is 5.91 Å². The number of aryl methyl sites for hydroxylation is 1. The number of amides is 1. The number of nitrogen functional groups attached to an aromatic ring is 1. The minimum atomic E-state index is -0.112. The quantitative estimate of drug-likeness (QED) is 0.642. The first kappa shape index (κ1) is 14.2. The lowest BCUT2D eigenvalue weighted by molar-refractivity contribution is -0.116. The highest BCUT2D eigenvalue weighted by molar-refractivity contribution is 5.95. The Morgan fingerprint density at radius 3 is 2.76 bits per heavy atom. The Morgan fingerprint density at radius 1 is 1.24 bits per heavy atom. The number of carbonyl (C=O) groups is 1. The SMILES string of the molecule is Nc1cc2c(cc1NCC1CCC(O)CC1)CCC(=O)N2. The monoisotopic (exact) mass is 289 g/mol. The fourth-order valence-corrected chi connectivity index (χ4v) is 3.20. The molecule has 114 valence electrons. The van der Waals surface area contributed by atoms with Gasteiger partial charge in [0.15, 0.2) is 0 Å². The van der Waals surface area contributed by atoms with Gasteiger partial charge in [0, 0.05) is 18.7 Å². The average Bonchev–Trinajstić information content (AvgIpc) is 2.47. The van der Waals surface area contributed by atoms with Crippen LogP contribution in [0.4, 0.5) is 17.1 Å². The molecular formula is C16H23N3O2. The lowest BCUT2D eigenvalue weighted by atomic mass is 9.87. The van der Waals surface area contributed by atoms with Crippen molar-refractivity contribution in [3.05, 3.63) is 17.7 Å². The molecule has 1 fully saturated rings. The molecule has 1 aromatic rings. The molecule has 1 heterocycles. The topological polar surface area (TPSA) is 87.4 Å². The summed E-state index contributed by atoms with van der Waals surface area (Å²) in [6.45, 7) is 0.891. The molecule has 1 aliphatic carbocycles. The molecule has 1 aromatic carbocycles. The zero-order valence-electron chi connectivity index (χ0n) is 12.2. The Morgan fingerprint density at radius 2 is 2.00 bits per heavy atom. The summed E-state index contributed by atoms with van der Waals surface area (Å²) in [6.07, 6.45) is 5.13. The minimum Gasteiger partial charge on any atom is -0.397 e. The van der Waals surface area contributed by atoms with Gasteiger partial charge < -0.3 is 21.5 Å². The number of nitrogens with one attached hydrogen (secondary N) is 2. The number of hydrogen-bond acceptors (Lipinski definition) is 4. The van der Waals surface area contributed by atoms with Crippen LogP contribution >= 0.6 is 0 Å². The Hall–Kier alpha value is -1.75. The van der Waals surface area contributed by atoms with Crippen LogP contribution in [0.25, 0.3) is 0 Å². The first-order valence-corrected chi connectivity index (χ1v) is 7.76. The first-order chi connectivity index (χ1) is 10.1. The van der Waals surface area contributed by atoms with Gasteiger partial charge in [-0.1, -0.05) is 0 Å². The Balaban J connectivity index is 1.64. The standard InChI is InChI=1S/C16H23N3O2/c17-13-8-14-11(3-6-16(21)19-14)7-15(13)18-9-10-1-4-12(20)5-2-10/h7-8,10,12,18,20H,1-6,9,17H2,(H,19,21).